The summed E-state index contributed by atoms with van der Waals surface area (Å²) >= 11 is 0. The van der Waals surface area contributed by atoms with Gasteiger partial charge >= 0.3 is 19.4 Å². The van der Waals surface area contributed by atoms with Gasteiger partial charge < -0.3 is 19.1 Å². The van der Waals surface area contributed by atoms with E-state index in [4.69, 9.17) is 18.5 Å². The molecule has 2 aromatic rings. The number of rotatable bonds is 10. The van der Waals surface area contributed by atoms with Crippen LogP contribution in [0.1, 0.15) is 33.9 Å². The van der Waals surface area contributed by atoms with E-state index in [-0.39, 0.29) is 5.75 Å². The largest absolute Gasteiger partial charge is 0.462 e. The van der Waals surface area contributed by atoms with Crippen LogP contribution in [0.5, 0.6) is 5.75 Å². The Morgan fingerprint density at radius 1 is 1.28 bits per heavy atom. The van der Waals surface area contributed by atoms with E-state index in [1.165, 1.54) is 19.1 Å². The van der Waals surface area contributed by atoms with Crippen LogP contribution in [0.4, 0.5) is 4.39 Å². The molecule has 0 spiro atoms. The lowest BCUT2D eigenvalue weighted by Gasteiger charge is -2.25. The van der Waals surface area contributed by atoms with Crippen molar-refractivity contribution in [3.05, 3.63) is 63.4 Å². The Balaban J connectivity index is 1.80. The van der Waals surface area contributed by atoms with Crippen LogP contribution in [-0.4, -0.2) is 57.3 Å². The molecule has 0 radical (unpaired) electrons. The predicted molar refractivity (Wildman–Crippen MR) is 125 cm³/mol. The number of esters is 1. The lowest BCUT2D eigenvalue weighted by molar-refractivity contribution is -0.149. The van der Waals surface area contributed by atoms with Crippen molar-refractivity contribution in [3.63, 3.8) is 0 Å². The number of halogens is 1. The van der Waals surface area contributed by atoms with Crippen molar-refractivity contribution in [1.82, 2.24) is 14.6 Å². The number of nitrogens with one attached hydrogen (secondary N) is 2. The monoisotopic (exact) mass is 529 g/mol. The lowest BCUT2D eigenvalue weighted by Crippen LogP contribution is -2.43. The summed E-state index contributed by atoms with van der Waals surface area (Å²) in [5.41, 5.74) is -4.12. The van der Waals surface area contributed by atoms with Gasteiger partial charge in [-0.2, -0.15) is 5.09 Å². The number of hydrogen-bond acceptors (Lipinski definition) is 9. The second-order valence-electron chi connectivity index (χ2n) is 8.67. The van der Waals surface area contributed by atoms with Gasteiger partial charge in [0.1, 0.15) is 24.0 Å². The highest BCUT2D eigenvalue weighted by molar-refractivity contribution is 7.52. The molecule has 6 atom stereocenters. The van der Waals surface area contributed by atoms with E-state index < -0.39 is 67.8 Å². The average Bonchev–Trinajstić information content (AvgIpc) is 3.01. The molecular weight excluding hydrogens is 500 g/mol. The van der Waals surface area contributed by atoms with E-state index in [0.717, 1.165) is 23.8 Å². The van der Waals surface area contributed by atoms with E-state index in [2.05, 4.69) is 5.09 Å². The number of carbonyl (C=O) groups excluding carboxylic acids is 1. The molecule has 3 rings (SSSR count). The number of H-pyrrole nitrogens is 1. The fourth-order valence-electron chi connectivity index (χ4n) is 3.47. The molecule has 2 heterocycles. The number of aromatic amines is 1. The fraction of sp³-hybridized carbons (Fsp3) is 0.500. The zero-order valence-electron chi connectivity index (χ0n) is 20.1. The molecule has 14 heteroatoms. The minimum atomic E-state index is -4.30. The number of aliphatic hydroxyl groups is 1. The third-order valence-electron chi connectivity index (χ3n) is 5.26. The van der Waals surface area contributed by atoms with E-state index >= 15 is 4.39 Å². The Hall–Kier alpha value is -2.83. The molecule has 0 bridgehead atoms. The van der Waals surface area contributed by atoms with Gasteiger partial charge in [0, 0.05) is 12.3 Å². The highest BCUT2D eigenvalue weighted by atomic mass is 31.2. The Kier molecular flexibility index (Phi) is 8.52. The summed E-state index contributed by atoms with van der Waals surface area (Å²) in [4.78, 5) is 37.7. The topological polar surface area (TPSA) is 158 Å². The van der Waals surface area contributed by atoms with Gasteiger partial charge in [0.15, 0.2) is 11.9 Å². The molecule has 12 nitrogen and oxygen atoms in total. The molecule has 1 aromatic carbocycles. The molecule has 3 N–H and O–H groups in total. The summed E-state index contributed by atoms with van der Waals surface area (Å²) in [5, 5.41) is 13.0. The van der Waals surface area contributed by atoms with Gasteiger partial charge in [-0.15, -0.1) is 0 Å². The Labute approximate surface area is 205 Å². The van der Waals surface area contributed by atoms with E-state index in [1.54, 1.807) is 32.0 Å². The highest BCUT2D eigenvalue weighted by Gasteiger charge is 2.55. The molecule has 3 unspecified atom stereocenters. The van der Waals surface area contributed by atoms with Gasteiger partial charge in [-0.1, -0.05) is 18.2 Å². The first kappa shape index (κ1) is 27.8. The molecule has 1 saturated heterocycles. The molecule has 36 heavy (non-hydrogen) atoms. The Bertz CT molecular complexity index is 1220. The van der Waals surface area contributed by atoms with Gasteiger partial charge in [0.2, 0.25) is 0 Å². The lowest BCUT2D eigenvalue weighted by atomic mass is 9.98. The normalized spacial score (nSPS) is 26.4. The van der Waals surface area contributed by atoms with E-state index in [1.807, 2.05) is 4.98 Å². The third kappa shape index (κ3) is 6.48. The summed E-state index contributed by atoms with van der Waals surface area (Å²) in [6.07, 6.45) is -4.21. The summed E-state index contributed by atoms with van der Waals surface area (Å²) < 4.78 is 51.4. The van der Waals surface area contributed by atoms with Crippen molar-refractivity contribution in [1.29, 1.82) is 0 Å². The maximum Gasteiger partial charge on any atom is 0.459 e. The number of ether oxygens (including phenoxy) is 2. The number of carbonyl (C=O) groups is 1. The molecule has 1 aliphatic rings. The van der Waals surface area contributed by atoms with Crippen molar-refractivity contribution < 1.29 is 37.4 Å². The molecular formula is C22H29FN3O9P. The number of para-hydroxylation sites is 1. The van der Waals surface area contributed by atoms with Crippen LogP contribution in [0.15, 0.2) is 52.2 Å². The van der Waals surface area contributed by atoms with Crippen LogP contribution in [-0.2, 0) is 23.4 Å². The van der Waals surface area contributed by atoms with E-state index in [0.29, 0.717) is 0 Å². The fourth-order valence-corrected chi connectivity index (χ4v) is 4.97. The van der Waals surface area contributed by atoms with Crippen LogP contribution < -0.4 is 20.9 Å². The molecule has 1 aliphatic heterocycles. The standard InChI is InChI=1S/C22H29FN3O9P/c1-13(2)33-19(29)14(3)25-36(31,35-15-8-6-5-7-9-15)32-12-16-18(28)22(4,23)20(34-16)26-11-10-17(27)24-21(26)30/h5-11,13-14,16,18,20,28H,12H2,1-4H3,(H,25,31)(H,24,27,30)/t14-,16?,18?,20+,22+,36?/m0/s1. The number of alkyl halides is 1. The molecule has 0 aliphatic carbocycles. The summed E-state index contributed by atoms with van der Waals surface area (Å²) in [5.74, 6) is -0.560. The first-order valence-corrected chi connectivity index (χ1v) is 12.7. The first-order chi connectivity index (χ1) is 16.8. The summed E-state index contributed by atoms with van der Waals surface area (Å²) in [6, 6.07) is 7.86. The predicted octanol–water partition coefficient (Wildman–Crippen LogP) is 1.66. The van der Waals surface area contributed by atoms with Crippen molar-refractivity contribution >= 4 is 13.7 Å². The molecule has 198 valence electrons. The highest BCUT2D eigenvalue weighted by Crippen LogP contribution is 2.47. The number of aromatic nitrogens is 2. The average molecular weight is 529 g/mol. The summed E-state index contributed by atoms with van der Waals surface area (Å²) in [7, 11) is -4.30. The van der Waals surface area contributed by atoms with Crippen LogP contribution in [0, 0.1) is 0 Å². The third-order valence-corrected chi connectivity index (χ3v) is 6.90. The number of hydrogen-bond donors (Lipinski definition) is 3. The second kappa shape index (κ2) is 11.1. The van der Waals surface area contributed by atoms with Gasteiger partial charge in [-0.25, -0.2) is 13.8 Å². The molecule has 1 fully saturated rings. The number of nitrogens with zero attached hydrogens (tertiary/aromatic N) is 1. The van der Waals surface area contributed by atoms with Crippen molar-refractivity contribution in [2.45, 2.75) is 63.9 Å². The maximum atomic E-state index is 15.4. The second-order valence-corrected chi connectivity index (χ2v) is 10.4. The minimum absolute atomic E-state index is 0.152. The maximum absolute atomic E-state index is 15.4. The summed E-state index contributed by atoms with van der Waals surface area (Å²) in [6.45, 7) is 5.07. The quantitative estimate of drug-likeness (QED) is 0.305. The van der Waals surface area contributed by atoms with Crippen LogP contribution in [0.25, 0.3) is 0 Å². The van der Waals surface area contributed by atoms with Gasteiger partial charge in [-0.05, 0) is 39.8 Å². The Morgan fingerprint density at radius 3 is 2.56 bits per heavy atom. The van der Waals surface area contributed by atoms with Crippen LogP contribution in [0.3, 0.4) is 0 Å². The van der Waals surface area contributed by atoms with Gasteiger partial charge in [0.05, 0.1) is 12.7 Å². The SMILES string of the molecule is CC(C)OC(=O)[C@H](C)NP(=O)(OCC1O[C@@H](n2ccc(=O)[nH]c2=O)[C@](C)(F)C1O)Oc1ccccc1. The minimum Gasteiger partial charge on any atom is -0.462 e. The first-order valence-electron chi connectivity index (χ1n) is 11.1. The zero-order valence-corrected chi connectivity index (χ0v) is 21.0. The zero-order chi connectivity index (χ0) is 26.7. The van der Waals surface area contributed by atoms with Crippen molar-refractivity contribution in [2.75, 3.05) is 6.61 Å². The molecule has 0 amide bonds. The van der Waals surface area contributed by atoms with Crippen LogP contribution in [0.2, 0.25) is 0 Å². The van der Waals surface area contributed by atoms with E-state index in [9.17, 15) is 24.1 Å². The van der Waals surface area contributed by atoms with Crippen LogP contribution >= 0.6 is 7.75 Å². The Morgan fingerprint density at radius 2 is 1.94 bits per heavy atom. The van der Waals surface area contributed by atoms with Crippen molar-refractivity contribution in [2.24, 2.45) is 0 Å². The molecule has 0 saturated carbocycles. The number of benzene rings is 1. The number of aliphatic hydroxyl groups excluding tert-OH is 1. The van der Waals surface area contributed by atoms with Crippen molar-refractivity contribution in [3.8, 4) is 5.75 Å². The molecule has 1 aromatic heterocycles. The van der Waals surface area contributed by atoms with Gasteiger partial charge in [0.25, 0.3) is 5.56 Å². The van der Waals surface area contributed by atoms with Gasteiger partial charge in [-0.3, -0.25) is 23.7 Å². The smallest absolute Gasteiger partial charge is 0.459 e.